The highest BCUT2D eigenvalue weighted by molar-refractivity contribution is 7.92. The first-order valence-electron chi connectivity index (χ1n) is 19.1. The van der Waals surface area contributed by atoms with Gasteiger partial charge >= 0.3 is 11.9 Å². The average molecular weight is 831 g/mol. The van der Waals surface area contributed by atoms with Crippen LogP contribution in [-0.4, -0.2) is 120 Å². The molecule has 0 bridgehead atoms. The fraction of sp³-hybridized carbons (Fsp3) is 0.475. The van der Waals surface area contributed by atoms with E-state index in [2.05, 4.69) is 44.6 Å². The van der Waals surface area contributed by atoms with Crippen molar-refractivity contribution in [1.82, 2.24) is 15.6 Å². The van der Waals surface area contributed by atoms with Crippen LogP contribution in [0.15, 0.2) is 71.8 Å². The number of carboxylic acids is 2. The minimum Gasteiger partial charge on any atom is -0.493 e. The maximum atomic E-state index is 13.0. The summed E-state index contributed by atoms with van der Waals surface area (Å²) < 4.78 is 54.8. The van der Waals surface area contributed by atoms with Crippen LogP contribution in [0, 0.1) is 0 Å². The monoisotopic (exact) mass is 830 g/mol. The zero-order chi connectivity index (χ0) is 41.9. The number of hydrogen-bond donors (Lipinski definition) is 5. The van der Waals surface area contributed by atoms with E-state index in [1.807, 2.05) is 0 Å². The summed E-state index contributed by atoms with van der Waals surface area (Å²) in [5, 5.41) is 22.5. The van der Waals surface area contributed by atoms with Crippen molar-refractivity contribution in [2.45, 2.75) is 56.3 Å². The van der Waals surface area contributed by atoms with Gasteiger partial charge in [-0.3, -0.25) is 19.1 Å². The van der Waals surface area contributed by atoms with Crippen molar-refractivity contribution in [3.05, 3.63) is 83.6 Å². The third-order valence-electron chi connectivity index (χ3n) is 8.24. The van der Waals surface area contributed by atoms with Gasteiger partial charge in [0.1, 0.15) is 24.8 Å². The number of anilines is 1. The zero-order valence-corrected chi connectivity index (χ0v) is 33.3. The van der Waals surface area contributed by atoms with Crippen LogP contribution in [0.4, 0.5) is 5.82 Å². The molecule has 0 atom stereocenters. The third kappa shape index (κ3) is 20.9. The number of carboxylic acid groups (broad SMARTS) is 2. The number of rotatable bonds is 32. The van der Waals surface area contributed by atoms with E-state index >= 15 is 0 Å². The van der Waals surface area contributed by atoms with Crippen LogP contribution in [-0.2, 0) is 56.2 Å². The van der Waals surface area contributed by atoms with E-state index in [9.17, 15) is 27.6 Å². The summed E-state index contributed by atoms with van der Waals surface area (Å²) >= 11 is 0. The number of carbonyl (C=O) groups excluding carboxylic acids is 2. The Morgan fingerprint density at radius 3 is 1.84 bits per heavy atom. The molecule has 0 spiro atoms. The lowest BCUT2D eigenvalue weighted by Crippen LogP contribution is -2.31. The van der Waals surface area contributed by atoms with Gasteiger partial charge in [-0.25, -0.2) is 18.2 Å². The van der Waals surface area contributed by atoms with E-state index in [0.717, 1.165) is 44.1 Å². The van der Waals surface area contributed by atoms with E-state index in [-0.39, 0.29) is 87.9 Å². The minimum atomic E-state index is -3.95. The zero-order valence-electron chi connectivity index (χ0n) is 32.5. The number of sulfonamides is 1. The summed E-state index contributed by atoms with van der Waals surface area (Å²) in [4.78, 5) is 49.2. The molecule has 18 heteroatoms. The Balaban J connectivity index is 1.24. The molecule has 0 aliphatic carbocycles. The predicted octanol–water partition coefficient (Wildman–Crippen LogP) is 3.47. The van der Waals surface area contributed by atoms with Crippen molar-refractivity contribution in [3.8, 4) is 5.75 Å². The van der Waals surface area contributed by atoms with Gasteiger partial charge in [-0.05, 0) is 66.8 Å². The lowest BCUT2D eigenvalue weighted by Gasteiger charge is -2.10. The van der Waals surface area contributed by atoms with Crippen molar-refractivity contribution in [2.24, 2.45) is 0 Å². The molecule has 0 saturated carbocycles. The number of nitrogens with zero attached hydrogens (tertiary/aromatic N) is 1. The molecule has 0 saturated heterocycles. The maximum absolute atomic E-state index is 13.0. The number of aromatic nitrogens is 1. The molecule has 0 aliphatic heterocycles. The molecule has 318 valence electrons. The number of carbonyl (C=O) groups is 4. The first-order chi connectivity index (χ1) is 28.0. The lowest BCUT2D eigenvalue weighted by atomic mass is 10.0. The van der Waals surface area contributed by atoms with E-state index in [1.165, 1.54) is 36.0 Å². The molecular formula is C40H54N4O13S. The van der Waals surface area contributed by atoms with Crippen molar-refractivity contribution in [2.75, 3.05) is 77.3 Å². The van der Waals surface area contributed by atoms with Gasteiger partial charge in [0, 0.05) is 32.1 Å². The van der Waals surface area contributed by atoms with Gasteiger partial charge in [-0.2, -0.15) is 0 Å². The minimum absolute atomic E-state index is 0.0223. The molecule has 5 N–H and O–H groups in total. The second-order valence-corrected chi connectivity index (χ2v) is 14.6. The van der Waals surface area contributed by atoms with Crippen LogP contribution in [0.5, 0.6) is 5.75 Å². The molecule has 2 aromatic carbocycles. The van der Waals surface area contributed by atoms with Crippen LogP contribution in [0.1, 0.15) is 60.0 Å². The molecule has 3 rings (SSSR count). The smallest absolute Gasteiger partial charge is 0.329 e. The number of pyridine rings is 1. The molecule has 0 aliphatic rings. The van der Waals surface area contributed by atoms with Crippen LogP contribution in [0.25, 0.3) is 0 Å². The van der Waals surface area contributed by atoms with Gasteiger partial charge in [-0.1, -0.05) is 43.5 Å². The van der Waals surface area contributed by atoms with Gasteiger partial charge in [0.2, 0.25) is 5.91 Å². The van der Waals surface area contributed by atoms with E-state index in [4.69, 9.17) is 33.9 Å². The van der Waals surface area contributed by atoms with Gasteiger partial charge in [-0.15, -0.1) is 0 Å². The Bertz CT molecular complexity index is 1780. The second-order valence-electron chi connectivity index (χ2n) is 12.9. The fourth-order valence-electron chi connectivity index (χ4n) is 5.21. The van der Waals surface area contributed by atoms with Crippen molar-refractivity contribution in [1.29, 1.82) is 0 Å². The molecule has 1 heterocycles. The Morgan fingerprint density at radius 1 is 0.603 bits per heavy atom. The van der Waals surface area contributed by atoms with Crippen molar-refractivity contribution >= 4 is 39.6 Å². The Kier molecular flexibility index (Phi) is 22.4. The number of aliphatic carboxylic acids is 2. The number of aryl methyl sites for hydroxylation is 1. The van der Waals surface area contributed by atoms with Crippen LogP contribution >= 0.6 is 0 Å². The van der Waals surface area contributed by atoms with E-state index in [1.54, 1.807) is 12.1 Å². The molecular weight excluding hydrogens is 777 g/mol. The second kappa shape index (κ2) is 27.5. The lowest BCUT2D eigenvalue weighted by molar-refractivity contribution is -0.143. The Labute approximate surface area is 338 Å². The molecule has 1 aromatic heterocycles. The Morgan fingerprint density at radius 2 is 1.21 bits per heavy atom. The molecule has 3 aromatic rings. The van der Waals surface area contributed by atoms with E-state index < -0.39 is 34.5 Å². The first-order valence-corrected chi connectivity index (χ1v) is 20.6. The third-order valence-corrected chi connectivity index (χ3v) is 9.61. The standard InChI is InChI=1S/C40H54N4O13S/c45-37(41-19-22-53-25-27-56-30-39(48)49)29-55-26-24-54-23-20-42-40(50)33-12-17-36(43-28-33)44-58(51,52)35-15-13-34(14-16-35)57-21-18-32-10-8-31(9-11-32)6-4-2-1-3-5-7-38(46)47/h8-17,28H,1-7,18-27,29-30H2,(H,41,45)(H,42,50)(H,43,44)(H,46,47)(H,48,49). The molecule has 0 radical (unpaired) electrons. The molecule has 0 fully saturated rings. The first kappa shape index (κ1) is 47.2. The van der Waals surface area contributed by atoms with Crippen molar-refractivity contribution in [3.63, 3.8) is 0 Å². The van der Waals surface area contributed by atoms with Gasteiger partial charge < -0.3 is 44.5 Å². The predicted molar refractivity (Wildman–Crippen MR) is 212 cm³/mol. The highest BCUT2D eigenvalue weighted by Crippen LogP contribution is 2.19. The summed E-state index contributed by atoms with van der Waals surface area (Å²) in [6.07, 6.45) is 8.06. The SMILES string of the molecule is O=C(O)CCCCCCCc1ccc(CCOc2ccc(S(=O)(=O)Nc3ccc(C(=O)NCCOCCOCC(=O)NCCOCCOCC(=O)O)cn3)cc2)cc1. The largest absolute Gasteiger partial charge is 0.493 e. The number of unbranched alkanes of at least 4 members (excludes halogenated alkanes) is 4. The number of nitrogens with one attached hydrogen (secondary N) is 3. The number of ether oxygens (including phenoxy) is 5. The average Bonchev–Trinajstić information content (AvgIpc) is 3.20. The fourth-order valence-corrected chi connectivity index (χ4v) is 6.22. The maximum Gasteiger partial charge on any atom is 0.329 e. The molecule has 17 nitrogen and oxygen atoms in total. The quantitative estimate of drug-likeness (QED) is 0.0567. The highest BCUT2D eigenvalue weighted by Gasteiger charge is 2.16. The normalized spacial score (nSPS) is 11.2. The van der Waals surface area contributed by atoms with Crippen LogP contribution < -0.4 is 20.1 Å². The summed E-state index contributed by atoms with van der Waals surface area (Å²) in [5.74, 6) is -1.96. The number of benzene rings is 2. The Hall–Kier alpha value is -5.14. The van der Waals surface area contributed by atoms with Crippen molar-refractivity contribution < 1.29 is 61.5 Å². The number of amides is 2. The van der Waals surface area contributed by atoms with E-state index in [0.29, 0.717) is 18.8 Å². The van der Waals surface area contributed by atoms with Crippen LogP contribution in [0.2, 0.25) is 0 Å². The topological polar surface area (TPSA) is 238 Å². The summed E-state index contributed by atoms with van der Waals surface area (Å²) in [6.45, 7) is 1.49. The summed E-state index contributed by atoms with van der Waals surface area (Å²) in [7, 11) is -3.95. The molecule has 0 unspecified atom stereocenters. The molecule has 58 heavy (non-hydrogen) atoms. The van der Waals surface area contributed by atoms with Gasteiger partial charge in [0.05, 0.1) is 56.7 Å². The van der Waals surface area contributed by atoms with Crippen LogP contribution in [0.3, 0.4) is 0 Å². The summed E-state index contributed by atoms with van der Waals surface area (Å²) in [5.41, 5.74) is 2.62. The highest BCUT2D eigenvalue weighted by atomic mass is 32.2. The van der Waals surface area contributed by atoms with Gasteiger partial charge in [0.15, 0.2) is 0 Å². The van der Waals surface area contributed by atoms with Gasteiger partial charge in [0.25, 0.3) is 15.9 Å². The molecule has 2 amide bonds. The summed E-state index contributed by atoms with van der Waals surface area (Å²) in [6, 6.07) is 17.3. The number of hydrogen-bond acceptors (Lipinski definition) is 12.